The zero-order valence-corrected chi connectivity index (χ0v) is 18.1. The molecule has 1 aromatic heterocycles. The summed E-state index contributed by atoms with van der Waals surface area (Å²) in [7, 11) is 0. The summed E-state index contributed by atoms with van der Waals surface area (Å²) in [6.45, 7) is 5.33. The first-order valence-corrected chi connectivity index (χ1v) is 11.5. The quantitative estimate of drug-likeness (QED) is 0.592. The molecule has 1 amide bonds. The summed E-state index contributed by atoms with van der Waals surface area (Å²) < 4.78 is 11.4. The lowest BCUT2D eigenvalue weighted by Gasteiger charge is -2.35. The summed E-state index contributed by atoms with van der Waals surface area (Å²) in [5.74, 6) is 1.78. The summed E-state index contributed by atoms with van der Waals surface area (Å²) in [6.07, 6.45) is 0.998. The van der Waals surface area contributed by atoms with Crippen LogP contribution in [0.1, 0.15) is 27.2 Å². The molecule has 7 heteroatoms. The number of carbonyl (C=O) groups excluding carboxylic acids is 1. The minimum Gasteiger partial charge on any atom is -0.493 e. The SMILES string of the molecule is O=C(c1cccc(OCc2cscn2)c1)N1CCN(Cc2ccc3c(c2)CCO3)CC1. The number of nitrogens with zero attached hydrogens (tertiary/aromatic N) is 3. The largest absolute Gasteiger partial charge is 0.493 e. The maximum atomic E-state index is 13.0. The van der Waals surface area contributed by atoms with E-state index in [2.05, 4.69) is 28.1 Å². The van der Waals surface area contributed by atoms with Crippen LogP contribution in [-0.2, 0) is 19.6 Å². The zero-order chi connectivity index (χ0) is 21.0. The maximum Gasteiger partial charge on any atom is 0.254 e. The molecule has 0 bridgehead atoms. The zero-order valence-electron chi connectivity index (χ0n) is 17.3. The van der Waals surface area contributed by atoms with Crippen LogP contribution in [0.3, 0.4) is 0 Å². The van der Waals surface area contributed by atoms with Gasteiger partial charge in [0.15, 0.2) is 0 Å². The molecule has 160 valence electrons. The van der Waals surface area contributed by atoms with Crippen molar-refractivity contribution in [2.75, 3.05) is 32.8 Å². The van der Waals surface area contributed by atoms with Gasteiger partial charge in [0.05, 0.1) is 17.8 Å². The second-order valence-electron chi connectivity index (χ2n) is 7.91. The molecule has 1 saturated heterocycles. The standard InChI is InChI=1S/C24H25N3O3S/c28-24(20-2-1-3-22(13-20)30-15-21-16-31-17-25-21)27-9-7-26(8-10-27)14-18-4-5-23-19(12-18)6-11-29-23/h1-5,12-13,16-17H,6-11,14-15H2. The number of rotatable bonds is 6. The molecule has 2 aliphatic rings. The van der Waals surface area contributed by atoms with E-state index in [0.29, 0.717) is 17.9 Å². The topological polar surface area (TPSA) is 54.9 Å². The van der Waals surface area contributed by atoms with Gasteiger partial charge in [-0.1, -0.05) is 18.2 Å². The highest BCUT2D eigenvalue weighted by atomic mass is 32.1. The lowest BCUT2D eigenvalue weighted by Crippen LogP contribution is -2.48. The summed E-state index contributed by atoms with van der Waals surface area (Å²) >= 11 is 1.55. The number of piperazine rings is 1. The highest BCUT2D eigenvalue weighted by Gasteiger charge is 2.23. The van der Waals surface area contributed by atoms with Crippen LogP contribution in [0.2, 0.25) is 0 Å². The summed E-state index contributed by atoms with van der Waals surface area (Å²) in [4.78, 5) is 21.6. The summed E-state index contributed by atoms with van der Waals surface area (Å²) in [6, 6.07) is 13.9. The fourth-order valence-electron chi connectivity index (χ4n) is 4.07. The van der Waals surface area contributed by atoms with Gasteiger partial charge in [0.25, 0.3) is 5.91 Å². The lowest BCUT2D eigenvalue weighted by molar-refractivity contribution is 0.0628. The Labute approximate surface area is 186 Å². The lowest BCUT2D eigenvalue weighted by atomic mass is 10.1. The number of carbonyl (C=O) groups is 1. The highest BCUT2D eigenvalue weighted by molar-refractivity contribution is 7.07. The number of aromatic nitrogens is 1. The van der Waals surface area contributed by atoms with E-state index in [0.717, 1.165) is 57.2 Å². The van der Waals surface area contributed by atoms with E-state index in [1.165, 1.54) is 11.1 Å². The molecule has 0 atom stereocenters. The molecule has 0 radical (unpaired) electrons. The normalized spacial score (nSPS) is 16.1. The predicted molar refractivity (Wildman–Crippen MR) is 120 cm³/mol. The van der Waals surface area contributed by atoms with Gasteiger partial charge in [0.2, 0.25) is 0 Å². The third-order valence-corrected chi connectivity index (χ3v) is 6.41. The van der Waals surface area contributed by atoms with Crippen LogP contribution >= 0.6 is 11.3 Å². The molecule has 2 aliphatic heterocycles. The third-order valence-electron chi connectivity index (χ3n) is 5.77. The first-order chi connectivity index (χ1) is 15.2. The van der Waals surface area contributed by atoms with Crippen molar-refractivity contribution in [3.05, 3.63) is 75.7 Å². The van der Waals surface area contributed by atoms with Crippen LogP contribution in [0.15, 0.2) is 53.4 Å². The second kappa shape index (κ2) is 9.08. The Morgan fingerprint density at radius 2 is 2.03 bits per heavy atom. The van der Waals surface area contributed by atoms with E-state index >= 15 is 0 Å². The molecular formula is C24H25N3O3S. The number of ether oxygens (including phenoxy) is 2. The van der Waals surface area contributed by atoms with Gasteiger partial charge in [-0.25, -0.2) is 4.98 Å². The van der Waals surface area contributed by atoms with Crippen LogP contribution < -0.4 is 9.47 Å². The Morgan fingerprint density at radius 3 is 2.87 bits per heavy atom. The number of thiazole rings is 1. The maximum absolute atomic E-state index is 13.0. The fourth-order valence-corrected chi connectivity index (χ4v) is 4.62. The minimum absolute atomic E-state index is 0.0634. The van der Waals surface area contributed by atoms with E-state index in [-0.39, 0.29) is 5.91 Å². The van der Waals surface area contributed by atoms with Crippen LogP contribution in [-0.4, -0.2) is 53.5 Å². The number of benzene rings is 2. The number of hydrogen-bond donors (Lipinski definition) is 0. The minimum atomic E-state index is 0.0634. The van der Waals surface area contributed by atoms with Crippen molar-refractivity contribution < 1.29 is 14.3 Å². The molecule has 1 fully saturated rings. The van der Waals surface area contributed by atoms with Gasteiger partial charge in [-0.05, 0) is 35.4 Å². The van der Waals surface area contributed by atoms with Crippen molar-refractivity contribution in [1.82, 2.24) is 14.8 Å². The number of hydrogen-bond acceptors (Lipinski definition) is 6. The first kappa shape index (κ1) is 20.0. The van der Waals surface area contributed by atoms with Crippen molar-refractivity contribution >= 4 is 17.2 Å². The van der Waals surface area contributed by atoms with E-state index in [4.69, 9.17) is 9.47 Å². The molecule has 0 N–H and O–H groups in total. The van der Waals surface area contributed by atoms with Gasteiger partial charge in [-0.15, -0.1) is 11.3 Å². The average molecular weight is 436 g/mol. The molecule has 3 aromatic rings. The smallest absolute Gasteiger partial charge is 0.254 e. The van der Waals surface area contributed by atoms with Gasteiger partial charge in [-0.2, -0.15) is 0 Å². The number of fused-ring (bicyclic) bond motifs is 1. The molecule has 0 saturated carbocycles. The predicted octanol–water partition coefficient (Wildman–Crippen LogP) is 3.62. The van der Waals surface area contributed by atoms with Gasteiger partial charge in [0, 0.05) is 50.1 Å². The van der Waals surface area contributed by atoms with Crippen molar-refractivity contribution in [3.63, 3.8) is 0 Å². The highest BCUT2D eigenvalue weighted by Crippen LogP contribution is 2.26. The van der Waals surface area contributed by atoms with Crippen molar-refractivity contribution in [1.29, 1.82) is 0 Å². The molecule has 3 heterocycles. The Hall–Kier alpha value is -2.90. The monoisotopic (exact) mass is 435 g/mol. The molecule has 0 spiro atoms. The van der Waals surface area contributed by atoms with E-state index in [1.807, 2.05) is 34.5 Å². The fraction of sp³-hybridized carbons (Fsp3) is 0.333. The third kappa shape index (κ3) is 4.73. The second-order valence-corrected chi connectivity index (χ2v) is 8.62. The van der Waals surface area contributed by atoms with Gasteiger partial charge < -0.3 is 14.4 Å². The molecule has 5 rings (SSSR count). The molecule has 6 nitrogen and oxygen atoms in total. The van der Waals surface area contributed by atoms with E-state index in [1.54, 1.807) is 16.8 Å². The van der Waals surface area contributed by atoms with Crippen LogP contribution in [0.25, 0.3) is 0 Å². The molecule has 31 heavy (non-hydrogen) atoms. The van der Waals surface area contributed by atoms with Crippen LogP contribution in [0.5, 0.6) is 11.5 Å². The average Bonchev–Trinajstić information content (AvgIpc) is 3.50. The van der Waals surface area contributed by atoms with Crippen LogP contribution in [0, 0.1) is 0 Å². The molecule has 0 unspecified atom stereocenters. The first-order valence-electron chi connectivity index (χ1n) is 10.6. The van der Waals surface area contributed by atoms with E-state index < -0.39 is 0 Å². The molecule has 0 aliphatic carbocycles. The summed E-state index contributed by atoms with van der Waals surface area (Å²) in [5.41, 5.74) is 5.98. The molecular weight excluding hydrogens is 410 g/mol. The Balaban J connectivity index is 1.15. The van der Waals surface area contributed by atoms with Crippen LogP contribution in [0.4, 0.5) is 0 Å². The van der Waals surface area contributed by atoms with Gasteiger partial charge >= 0.3 is 0 Å². The Morgan fingerprint density at radius 1 is 1.13 bits per heavy atom. The Kier molecular flexibility index (Phi) is 5.86. The summed E-state index contributed by atoms with van der Waals surface area (Å²) in [5, 5.41) is 1.96. The van der Waals surface area contributed by atoms with Crippen molar-refractivity contribution in [2.24, 2.45) is 0 Å². The molecule has 2 aromatic carbocycles. The van der Waals surface area contributed by atoms with Crippen molar-refractivity contribution in [2.45, 2.75) is 19.6 Å². The van der Waals surface area contributed by atoms with Gasteiger partial charge in [-0.3, -0.25) is 9.69 Å². The Bertz CT molecular complexity index is 1050. The van der Waals surface area contributed by atoms with Gasteiger partial charge in [0.1, 0.15) is 18.1 Å². The van der Waals surface area contributed by atoms with Crippen molar-refractivity contribution in [3.8, 4) is 11.5 Å². The number of amides is 1. The van der Waals surface area contributed by atoms with E-state index in [9.17, 15) is 4.79 Å².